The summed E-state index contributed by atoms with van der Waals surface area (Å²) >= 11 is 0. The number of carbonyl (C=O) groups excluding carboxylic acids is 1. The van der Waals surface area contributed by atoms with Gasteiger partial charge in [0.05, 0.1) is 24.4 Å². The minimum absolute atomic E-state index is 0.119. The molecular formula is C26H25N3O5S. The topological polar surface area (TPSA) is 102 Å². The predicted octanol–water partition coefficient (Wildman–Crippen LogP) is 3.59. The van der Waals surface area contributed by atoms with Crippen molar-refractivity contribution in [3.63, 3.8) is 0 Å². The van der Waals surface area contributed by atoms with E-state index < -0.39 is 10.0 Å². The Hall–Kier alpha value is -3.53. The summed E-state index contributed by atoms with van der Waals surface area (Å²) in [6.45, 7) is 1.73. The van der Waals surface area contributed by atoms with E-state index in [2.05, 4.69) is 10.5 Å². The third kappa shape index (κ3) is 5.12. The molecule has 1 N–H and O–H groups in total. The van der Waals surface area contributed by atoms with Crippen molar-refractivity contribution in [3.05, 3.63) is 89.5 Å². The second-order valence-electron chi connectivity index (χ2n) is 8.33. The van der Waals surface area contributed by atoms with E-state index in [4.69, 9.17) is 9.26 Å². The number of amides is 1. The predicted molar refractivity (Wildman–Crippen MR) is 132 cm³/mol. The van der Waals surface area contributed by atoms with Crippen LogP contribution in [0.4, 0.5) is 0 Å². The minimum Gasteiger partial charge on any atom is -0.379 e. The van der Waals surface area contributed by atoms with E-state index in [1.165, 1.54) is 4.31 Å². The quantitative estimate of drug-likeness (QED) is 0.424. The SMILES string of the molecule is O=C(NCc1ccccc1CS(=O)(=O)N1CCOCC1)c1ccc2noc(-c3ccccc3)c2c1. The highest BCUT2D eigenvalue weighted by atomic mass is 32.2. The maximum atomic E-state index is 13.0. The molecule has 1 amide bonds. The number of ether oxygens (including phenoxy) is 1. The van der Waals surface area contributed by atoms with Gasteiger partial charge in [-0.1, -0.05) is 59.8 Å². The summed E-state index contributed by atoms with van der Waals surface area (Å²) in [6.07, 6.45) is 0. The number of aromatic nitrogens is 1. The lowest BCUT2D eigenvalue weighted by Crippen LogP contribution is -2.41. The summed E-state index contributed by atoms with van der Waals surface area (Å²) in [5, 5.41) is 7.77. The molecule has 0 unspecified atom stereocenters. The molecule has 0 saturated carbocycles. The van der Waals surface area contributed by atoms with Crippen LogP contribution in [-0.4, -0.2) is 50.1 Å². The number of benzene rings is 3. The van der Waals surface area contributed by atoms with Gasteiger partial charge in [-0.15, -0.1) is 0 Å². The molecule has 0 bridgehead atoms. The zero-order valence-electron chi connectivity index (χ0n) is 19.0. The largest absolute Gasteiger partial charge is 0.379 e. The molecule has 9 heteroatoms. The molecule has 0 radical (unpaired) electrons. The number of rotatable bonds is 7. The molecule has 0 aliphatic carbocycles. The Balaban J connectivity index is 1.32. The van der Waals surface area contributed by atoms with Crippen LogP contribution in [0.3, 0.4) is 0 Å². The van der Waals surface area contributed by atoms with Crippen LogP contribution in [-0.2, 0) is 27.1 Å². The normalized spacial score (nSPS) is 14.7. The number of hydrogen-bond acceptors (Lipinski definition) is 6. The van der Waals surface area contributed by atoms with E-state index in [-0.39, 0.29) is 18.2 Å². The third-order valence-electron chi connectivity index (χ3n) is 6.03. The van der Waals surface area contributed by atoms with Crippen LogP contribution in [0.5, 0.6) is 0 Å². The summed E-state index contributed by atoms with van der Waals surface area (Å²) in [5.74, 6) is 0.221. The molecule has 0 atom stereocenters. The van der Waals surface area contributed by atoms with Crippen molar-refractivity contribution >= 4 is 26.8 Å². The first kappa shape index (κ1) is 23.2. The van der Waals surface area contributed by atoms with Gasteiger partial charge in [-0.25, -0.2) is 8.42 Å². The molecule has 4 aromatic rings. The third-order valence-corrected chi connectivity index (χ3v) is 7.86. The second kappa shape index (κ2) is 9.99. The lowest BCUT2D eigenvalue weighted by molar-refractivity contribution is 0.0729. The molecule has 8 nitrogen and oxygen atoms in total. The van der Waals surface area contributed by atoms with Crippen molar-refractivity contribution in [2.45, 2.75) is 12.3 Å². The molecule has 1 fully saturated rings. The van der Waals surface area contributed by atoms with Gasteiger partial charge in [-0.3, -0.25) is 4.79 Å². The Morgan fingerprint density at radius 1 is 0.943 bits per heavy atom. The van der Waals surface area contributed by atoms with E-state index in [0.29, 0.717) is 48.7 Å². The van der Waals surface area contributed by atoms with Gasteiger partial charge in [0.15, 0.2) is 5.76 Å². The highest BCUT2D eigenvalue weighted by molar-refractivity contribution is 7.88. The number of hydrogen-bond donors (Lipinski definition) is 1. The maximum Gasteiger partial charge on any atom is 0.251 e. The molecule has 1 aromatic heterocycles. The smallest absolute Gasteiger partial charge is 0.251 e. The molecule has 0 spiro atoms. The van der Waals surface area contributed by atoms with Crippen LogP contribution in [0.2, 0.25) is 0 Å². The standard InChI is InChI=1S/C26H25N3O5S/c30-26(20-10-11-24-23(16-20)25(34-28-24)19-6-2-1-3-7-19)27-17-21-8-4-5-9-22(21)18-35(31,32)29-12-14-33-15-13-29/h1-11,16H,12-15,17-18H2,(H,27,30). The molecular weight excluding hydrogens is 466 g/mol. The van der Waals surface area contributed by atoms with Gasteiger partial charge in [0.1, 0.15) is 5.52 Å². The van der Waals surface area contributed by atoms with Crippen LogP contribution in [0.25, 0.3) is 22.2 Å². The first-order valence-electron chi connectivity index (χ1n) is 11.4. The first-order chi connectivity index (χ1) is 17.0. The number of carbonyl (C=O) groups is 1. The van der Waals surface area contributed by atoms with E-state index in [9.17, 15) is 13.2 Å². The van der Waals surface area contributed by atoms with Gasteiger partial charge in [0, 0.05) is 30.8 Å². The van der Waals surface area contributed by atoms with Gasteiger partial charge < -0.3 is 14.6 Å². The summed E-state index contributed by atoms with van der Waals surface area (Å²) < 4.78 is 38.0. The summed E-state index contributed by atoms with van der Waals surface area (Å²) in [4.78, 5) is 13.0. The van der Waals surface area contributed by atoms with Crippen molar-refractivity contribution < 1.29 is 22.5 Å². The summed E-state index contributed by atoms with van der Waals surface area (Å²) in [7, 11) is -3.48. The van der Waals surface area contributed by atoms with E-state index >= 15 is 0 Å². The average molecular weight is 492 g/mol. The van der Waals surface area contributed by atoms with Gasteiger partial charge in [0.2, 0.25) is 10.0 Å². The van der Waals surface area contributed by atoms with Gasteiger partial charge in [-0.2, -0.15) is 4.31 Å². The Kier molecular flexibility index (Phi) is 6.63. The van der Waals surface area contributed by atoms with Gasteiger partial charge in [-0.05, 0) is 29.3 Å². The molecule has 3 aromatic carbocycles. The molecule has 1 aliphatic rings. The van der Waals surface area contributed by atoms with Crippen LogP contribution in [0.1, 0.15) is 21.5 Å². The Bertz CT molecular complexity index is 1440. The fourth-order valence-electron chi connectivity index (χ4n) is 4.14. The monoisotopic (exact) mass is 491 g/mol. The minimum atomic E-state index is -3.48. The second-order valence-corrected chi connectivity index (χ2v) is 10.3. The van der Waals surface area contributed by atoms with Crippen molar-refractivity contribution in [1.82, 2.24) is 14.8 Å². The summed E-state index contributed by atoms with van der Waals surface area (Å²) in [6, 6.07) is 22.1. The zero-order valence-corrected chi connectivity index (χ0v) is 19.8. The van der Waals surface area contributed by atoms with Crippen LogP contribution >= 0.6 is 0 Å². The number of sulfonamides is 1. The Morgan fingerprint density at radius 3 is 2.43 bits per heavy atom. The molecule has 2 heterocycles. The molecule has 5 rings (SSSR count). The maximum absolute atomic E-state index is 13.0. The van der Waals surface area contributed by atoms with Crippen molar-refractivity contribution in [2.24, 2.45) is 0 Å². The van der Waals surface area contributed by atoms with Crippen LogP contribution in [0, 0.1) is 0 Å². The van der Waals surface area contributed by atoms with Crippen molar-refractivity contribution in [1.29, 1.82) is 0 Å². The Labute approximate surface area is 203 Å². The van der Waals surface area contributed by atoms with Gasteiger partial charge >= 0.3 is 0 Å². The number of nitrogens with one attached hydrogen (secondary N) is 1. The zero-order chi connectivity index (χ0) is 24.3. The van der Waals surface area contributed by atoms with E-state index in [1.54, 1.807) is 30.3 Å². The first-order valence-corrected chi connectivity index (χ1v) is 13.0. The molecule has 1 aliphatic heterocycles. The number of morpholine rings is 1. The average Bonchev–Trinajstić information content (AvgIpc) is 3.32. The highest BCUT2D eigenvalue weighted by Gasteiger charge is 2.25. The van der Waals surface area contributed by atoms with Crippen molar-refractivity contribution in [2.75, 3.05) is 26.3 Å². The number of nitrogens with zero attached hydrogens (tertiary/aromatic N) is 2. The summed E-state index contributed by atoms with van der Waals surface area (Å²) in [5.41, 5.74) is 3.44. The lowest BCUT2D eigenvalue weighted by atomic mass is 10.1. The molecule has 1 saturated heterocycles. The van der Waals surface area contributed by atoms with Crippen molar-refractivity contribution in [3.8, 4) is 11.3 Å². The van der Waals surface area contributed by atoms with Crippen LogP contribution in [0.15, 0.2) is 77.3 Å². The van der Waals surface area contributed by atoms with E-state index in [0.717, 1.165) is 16.5 Å². The fourth-order valence-corrected chi connectivity index (χ4v) is 5.70. The van der Waals surface area contributed by atoms with E-state index in [1.807, 2.05) is 42.5 Å². The van der Waals surface area contributed by atoms with Crippen LogP contribution < -0.4 is 5.32 Å². The molecule has 35 heavy (non-hydrogen) atoms. The highest BCUT2D eigenvalue weighted by Crippen LogP contribution is 2.29. The number of fused-ring (bicyclic) bond motifs is 1. The fraction of sp³-hybridized carbons (Fsp3) is 0.231. The Morgan fingerprint density at radius 2 is 1.66 bits per heavy atom. The lowest BCUT2D eigenvalue weighted by Gasteiger charge is -2.26. The molecule has 180 valence electrons. The van der Waals surface area contributed by atoms with Gasteiger partial charge in [0.25, 0.3) is 5.91 Å².